The average Bonchev–Trinajstić information content (AvgIpc) is 3.02. The Morgan fingerprint density at radius 2 is 2.28 bits per heavy atom. The summed E-state index contributed by atoms with van der Waals surface area (Å²) in [5.74, 6) is 2.08. The number of nitrogens with two attached hydrogens (primary N) is 1. The standard InChI is InChI=1S/C14H20N2O2/c1-10-6-11(10)8-16(2)14(17)9-18-13-5-3-4-12(15)7-13/h3-5,7,10-11H,6,8-9,15H2,1-2H3. The Balaban J connectivity index is 1.77. The Morgan fingerprint density at radius 1 is 1.56 bits per heavy atom. The number of nitrogens with zero attached hydrogens (tertiary/aromatic N) is 1. The zero-order chi connectivity index (χ0) is 13.1. The highest BCUT2D eigenvalue weighted by molar-refractivity contribution is 5.77. The van der Waals surface area contributed by atoms with E-state index >= 15 is 0 Å². The highest BCUT2D eigenvalue weighted by atomic mass is 16.5. The molecule has 0 aromatic heterocycles. The Morgan fingerprint density at radius 3 is 2.89 bits per heavy atom. The first-order valence-electron chi connectivity index (χ1n) is 6.28. The molecule has 0 saturated heterocycles. The zero-order valence-corrected chi connectivity index (χ0v) is 10.9. The molecule has 2 rings (SSSR count). The lowest BCUT2D eigenvalue weighted by Crippen LogP contribution is -2.33. The molecular weight excluding hydrogens is 228 g/mol. The quantitative estimate of drug-likeness (QED) is 0.808. The molecule has 1 saturated carbocycles. The van der Waals surface area contributed by atoms with Gasteiger partial charge in [0.1, 0.15) is 5.75 Å². The van der Waals surface area contributed by atoms with Gasteiger partial charge in [-0.05, 0) is 30.4 Å². The van der Waals surface area contributed by atoms with Crippen LogP contribution in [0, 0.1) is 11.8 Å². The van der Waals surface area contributed by atoms with Crippen molar-refractivity contribution in [1.82, 2.24) is 4.90 Å². The van der Waals surface area contributed by atoms with E-state index in [1.165, 1.54) is 6.42 Å². The average molecular weight is 248 g/mol. The van der Waals surface area contributed by atoms with Gasteiger partial charge in [0.25, 0.3) is 5.91 Å². The molecule has 18 heavy (non-hydrogen) atoms. The number of rotatable bonds is 5. The maximum atomic E-state index is 11.8. The maximum absolute atomic E-state index is 11.8. The van der Waals surface area contributed by atoms with Crippen LogP contribution in [0.25, 0.3) is 0 Å². The minimum absolute atomic E-state index is 0.0107. The van der Waals surface area contributed by atoms with Crippen LogP contribution in [0.5, 0.6) is 5.75 Å². The van der Waals surface area contributed by atoms with Gasteiger partial charge in [0.15, 0.2) is 6.61 Å². The van der Waals surface area contributed by atoms with Crippen LogP contribution in [-0.2, 0) is 4.79 Å². The molecule has 1 aromatic rings. The predicted molar refractivity (Wildman–Crippen MR) is 71.3 cm³/mol. The summed E-state index contributed by atoms with van der Waals surface area (Å²) in [7, 11) is 1.83. The van der Waals surface area contributed by atoms with E-state index in [-0.39, 0.29) is 12.5 Å². The number of nitrogen functional groups attached to an aromatic ring is 1. The summed E-state index contributed by atoms with van der Waals surface area (Å²) in [4.78, 5) is 13.6. The Bertz CT molecular complexity index is 434. The van der Waals surface area contributed by atoms with Crippen LogP contribution in [0.15, 0.2) is 24.3 Å². The van der Waals surface area contributed by atoms with Gasteiger partial charge in [0, 0.05) is 25.3 Å². The molecule has 2 N–H and O–H groups in total. The summed E-state index contributed by atoms with van der Waals surface area (Å²) in [5, 5.41) is 0. The number of likely N-dealkylation sites (N-methyl/N-ethyl adjacent to an activating group) is 1. The van der Waals surface area contributed by atoms with Crippen LogP contribution in [0.3, 0.4) is 0 Å². The number of hydrogen-bond donors (Lipinski definition) is 1. The van der Waals surface area contributed by atoms with E-state index < -0.39 is 0 Å². The van der Waals surface area contributed by atoms with Crippen LogP contribution in [0.2, 0.25) is 0 Å². The lowest BCUT2D eigenvalue weighted by molar-refractivity contribution is -0.132. The molecule has 2 unspecified atom stereocenters. The van der Waals surface area contributed by atoms with E-state index in [2.05, 4.69) is 6.92 Å². The van der Waals surface area contributed by atoms with Gasteiger partial charge in [-0.2, -0.15) is 0 Å². The number of hydrogen-bond acceptors (Lipinski definition) is 3. The number of benzene rings is 1. The van der Waals surface area contributed by atoms with Crippen LogP contribution >= 0.6 is 0 Å². The first-order valence-corrected chi connectivity index (χ1v) is 6.28. The Kier molecular flexibility index (Phi) is 3.75. The van der Waals surface area contributed by atoms with Crippen molar-refractivity contribution >= 4 is 11.6 Å². The van der Waals surface area contributed by atoms with E-state index in [1.807, 2.05) is 13.1 Å². The Hall–Kier alpha value is -1.71. The number of carbonyl (C=O) groups is 1. The fourth-order valence-electron chi connectivity index (χ4n) is 1.97. The van der Waals surface area contributed by atoms with Crippen LogP contribution < -0.4 is 10.5 Å². The Labute approximate surface area is 108 Å². The van der Waals surface area contributed by atoms with Crippen LogP contribution in [-0.4, -0.2) is 31.0 Å². The molecule has 2 atom stereocenters. The molecule has 0 bridgehead atoms. The van der Waals surface area contributed by atoms with E-state index in [1.54, 1.807) is 23.1 Å². The summed E-state index contributed by atoms with van der Waals surface area (Å²) < 4.78 is 5.43. The van der Waals surface area contributed by atoms with Gasteiger partial charge in [-0.15, -0.1) is 0 Å². The van der Waals surface area contributed by atoms with Crippen molar-refractivity contribution in [2.24, 2.45) is 11.8 Å². The van der Waals surface area contributed by atoms with E-state index in [4.69, 9.17) is 10.5 Å². The fourth-order valence-corrected chi connectivity index (χ4v) is 1.97. The van der Waals surface area contributed by atoms with E-state index in [0.29, 0.717) is 17.4 Å². The normalized spacial score (nSPS) is 21.4. The molecule has 98 valence electrons. The molecule has 4 heteroatoms. The van der Waals surface area contributed by atoms with Gasteiger partial charge in [-0.3, -0.25) is 4.79 Å². The van der Waals surface area contributed by atoms with Crippen molar-refractivity contribution in [2.45, 2.75) is 13.3 Å². The molecule has 0 aliphatic heterocycles. The van der Waals surface area contributed by atoms with Gasteiger partial charge in [-0.1, -0.05) is 13.0 Å². The first kappa shape index (κ1) is 12.7. The highest BCUT2D eigenvalue weighted by Crippen LogP contribution is 2.37. The highest BCUT2D eigenvalue weighted by Gasteiger charge is 2.34. The summed E-state index contributed by atoms with van der Waals surface area (Å²) in [5.41, 5.74) is 6.28. The molecule has 0 spiro atoms. The summed E-state index contributed by atoms with van der Waals surface area (Å²) in [6.45, 7) is 3.12. The molecule has 1 aliphatic rings. The molecule has 1 fully saturated rings. The molecule has 0 radical (unpaired) electrons. The van der Waals surface area contributed by atoms with Crippen molar-refractivity contribution in [3.63, 3.8) is 0 Å². The second kappa shape index (κ2) is 5.29. The second-order valence-corrected chi connectivity index (χ2v) is 5.11. The maximum Gasteiger partial charge on any atom is 0.260 e. The van der Waals surface area contributed by atoms with Gasteiger partial charge in [0.05, 0.1) is 0 Å². The molecule has 1 amide bonds. The molecule has 0 heterocycles. The minimum atomic E-state index is 0.0107. The SMILES string of the molecule is CC1CC1CN(C)C(=O)COc1cccc(N)c1. The smallest absolute Gasteiger partial charge is 0.260 e. The first-order chi connectivity index (χ1) is 8.56. The van der Waals surface area contributed by atoms with Crippen molar-refractivity contribution in [3.05, 3.63) is 24.3 Å². The zero-order valence-electron chi connectivity index (χ0n) is 10.9. The monoisotopic (exact) mass is 248 g/mol. The number of carbonyl (C=O) groups excluding carboxylic acids is 1. The van der Waals surface area contributed by atoms with Gasteiger partial charge < -0.3 is 15.4 Å². The minimum Gasteiger partial charge on any atom is -0.484 e. The fraction of sp³-hybridized carbons (Fsp3) is 0.500. The van der Waals surface area contributed by atoms with E-state index in [0.717, 1.165) is 12.5 Å². The van der Waals surface area contributed by atoms with Crippen molar-refractivity contribution in [3.8, 4) is 5.75 Å². The summed E-state index contributed by atoms with van der Waals surface area (Å²) in [6.07, 6.45) is 1.23. The summed E-state index contributed by atoms with van der Waals surface area (Å²) >= 11 is 0. The third kappa shape index (κ3) is 3.39. The third-order valence-corrected chi connectivity index (χ3v) is 3.43. The van der Waals surface area contributed by atoms with Gasteiger partial charge >= 0.3 is 0 Å². The van der Waals surface area contributed by atoms with E-state index in [9.17, 15) is 4.79 Å². The number of ether oxygens (including phenoxy) is 1. The largest absolute Gasteiger partial charge is 0.484 e. The summed E-state index contributed by atoms with van der Waals surface area (Å²) in [6, 6.07) is 7.11. The lowest BCUT2D eigenvalue weighted by atomic mass is 10.3. The van der Waals surface area contributed by atoms with Gasteiger partial charge in [-0.25, -0.2) is 0 Å². The predicted octanol–water partition coefficient (Wildman–Crippen LogP) is 1.76. The molecule has 1 aliphatic carbocycles. The van der Waals surface area contributed by atoms with Crippen molar-refractivity contribution < 1.29 is 9.53 Å². The van der Waals surface area contributed by atoms with Crippen molar-refractivity contribution in [2.75, 3.05) is 25.9 Å². The van der Waals surface area contributed by atoms with Crippen molar-refractivity contribution in [1.29, 1.82) is 0 Å². The molecular formula is C14H20N2O2. The van der Waals surface area contributed by atoms with Gasteiger partial charge in [0.2, 0.25) is 0 Å². The molecule has 1 aromatic carbocycles. The lowest BCUT2D eigenvalue weighted by Gasteiger charge is -2.17. The topological polar surface area (TPSA) is 55.6 Å². The van der Waals surface area contributed by atoms with Crippen LogP contribution in [0.4, 0.5) is 5.69 Å². The number of amides is 1. The third-order valence-electron chi connectivity index (χ3n) is 3.43. The second-order valence-electron chi connectivity index (χ2n) is 5.11. The number of anilines is 1. The van der Waals surface area contributed by atoms with Crippen LogP contribution in [0.1, 0.15) is 13.3 Å². The molecule has 4 nitrogen and oxygen atoms in total.